The van der Waals surface area contributed by atoms with Gasteiger partial charge in [-0.25, -0.2) is 4.39 Å². The normalized spacial score (nSPS) is 13.1. The molecule has 0 spiro atoms. The van der Waals surface area contributed by atoms with E-state index in [1.807, 2.05) is 0 Å². The topological polar surface area (TPSA) is 12.0 Å². The SMILES string of the molecule is CC(C)CCC(C)NCc1ccc(F)cc1Cl. The summed E-state index contributed by atoms with van der Waals surface area (Å²) in [5.41, 5.74) is 0.949. The zero-order chi connectivity index (χ0) is 12.8. The largest absolute Gasteiger partial charge is 0.310 e. The summed E-state index contributed by atoms with van der Waals surface area (Å²) in [6, 6.07) is 5.00. The molecule has 17 heavy (non-hydrogen) atoms. The van der Waals surface area contributed by atoms with Gasteiger partial charge in [0.2, 0.25) is 0 Å². The van der Waals surface area contributed by atoms with Gasteiger partial charge in [-0.15, -0.1) is 0 Å². The summed E-state index contributed by atoms with van der Waals surface area (Å²) in [5.74, 6) is 0.445. The van der Waals surface area contributed by atoms with Gasteiger partial charge in [-0.2, -0.15) is 0 Å². The minimum atomic E-state index is -0.286. The maximum Gasteiger partial charge on any atom is 0.124 e. The first-order chi connectivity index (χ1) is 7.99. The fourth-order valence-corrected chi connectivity index (χ4v) is 1.87. The third kappa shape index (κ3) is 5.51. The maximum atomic E-state index is 12.9. The fraction of sp³-hybridized carbons (Fsp3) is 0.571. The molecule has 0 radical (unpaired) electrons. The molecule has 0 aliphatic heterocycles. The Bertz CT molecular complexity index is 352. The summed E-state index contributed by atoms with van der Waals surface area (Å²) in [5, 5.41) is 3.90. The summed E-state index contributed by atoms with van der Waals surface area (Å²) < 4.78 is 12.9. The molecule has 1 nitrogen and oxygen atoms in total. The Morgan fingerprint density at radius 2 is 1.94 bits per heavy atom. The Morgan fingerprint density at radius 1 is 1.24 bits per heavy atom. The van der Waals surface area contributed by atoms with Crippen molar-refractivity contribution in [3.63, 3.8) is 0 Å². The monoisotopic (exact) mass is 257 g/mol. The second-order valence-corrected chi connectivity index (χ2v) is 5.40. The fourth-order valence-electron chi connectivity index (χ4n) is 1.63. The van der Waals surface area contributed by atoms with E-state index in [9.17, 15) is 4.39 Å². The number of nitrogens with one attached hydrogen (secondary N) is 1. The summed E-state index contributed by atoms with van der Waals surface area (Å²) in [6.07, 6.45) is 2.36. The van der Waals surface area contributed by atoms with E-state index in [1.54, 1.807) is 6.07 Å². The van der Waals surface area contributed by atoms with Crippen molar-refractivity contribution in [3.8, 4) is 0 Å². The van der Waals surface area contributed by atoms with Crippen LogP contribution in [0.25, 0.3) is 0 Å². The van der Waals surface area contributed by atoms with E-state index in [4.69, 9.17) is 11.6 Å². The molecule has 0 heterocycles. The quantitative estimate of drug-likeness (QED) is 0.797. The number of hydrogen-bond acceptors (Lipinski definition) is 1. The Balaban J connectivity index is 2.39. The molecule has 0 aromatic heterocycles. The van der Waals surface area contributed by atoms with Crippen LogP contribution in [-0.2, 0) is 6.54 Å². The van der Waals surface area contributed by atoms with E-state index in [2.05, 4.69) is 26.1 Å². The highest BCUT2D eigenvalue weighted by Crippen LogP contribution is 2.17. The van der Waals surface area contributed by atoms with Crippen molar-refractivity contribution < 1.29 is 4.39 Å². The van der Waals surface area contributed by atoms with Gasteiger partial charge >= 0.3 is 0 Å². The molecule has 96 valence electrons. The van der Waals surface area contributed by atoms with Crippen molar-refractivity contribution in [2.45, 2.75) is 46.2 Å². The molecule has 0 aliphatic carbocycles. The van der Waals surface area contributed by atoms with Crippen molar-refractivity contribution in [3.05, 3.63) is 34.6 Å². The number of halogens is 2. The van der Waals surface area contributed by atoms with Crippen molar-refractivity contribution in [2.24, 2.45) is 5.92 Å². The average Bonchev–Trinajstić information content (AvgIpc) is 2.25. The van der Waals surface area contributed by atoms with E-state index in [1.165, 1.54) is 18.6 Å². The van der Waals surface area contributed by atoms with Gasteiger partial charge in [-0.3, -0.25) is 0 Å². The van der Waals surface area contributed by atoms with Gasteiger partial charge in [0.1, 0.15) is 5.82 Å². The standard InChI is InChI=1S/C14H21ClFN/c1-10(2)4-5-11(3)17-9-12-6-7-13(16)8-14(12)15/h6-8,10-11,17H,4-5,9H2,1-3H3. The lowest BCUT2D eigenvalue weighted by atomic mass is 10.0. The molecule has 1 atom stereocenters. The van der Waals surface area contributed by atoms with Crippen molar-refractivity contribution >= 4 is 11.6 Å². The van der Waals surface area contributed by atoms with Crippen LogP contribution in [-0.4, -0.2) is 6.04 Å². The van der Waals surface area contributed by atoms with Gasteiger partial charge in [-0.05, 0) is 43.4 Å². The third-order valence-corrected chi connectivity index (χ3v) is 3.18. The van der Waals surface area contributed by atoms with E-state index in [0.29, 0.717) is 17.6 Å². The summed E-state index contributed by atoms with van der Waals surface area (Å²) >= 11 is 5.96. The zero-order valence-corrected chi connectivity index (χ0v) is 11.5. The van der Waals surface area contributed by atoms with Gasteiger partial charge in [-0.1, -0.05) is 31.5 Å². The van der Waals surface area contributed by atoms with E-state index in [0.717, 1.165) is 17.9 Å². The average molecular weight is 258 g/mol. The molecule has 1 unspecified atom stereocenters. The van der Waals surface area contributed by atoms with Crippen LogP contribution in [0.2, 0.25) is 5.02 Å². The molecule has 0 amide bonds. The molecule has 1 aromatic carbocycles. The first kappa shape index (κ1) is 14.5. The van der Waals surface area contributed by atoms with Gasteiger partial charge in [0.15, 0.2) is 0 Å². The van der Waals surface area contributed by atoms with Crippen molar-refractivity contribution in [2.75, 3.05) is 0 Å². The molecule has 1 N–H and O–H groups in total. The minimum absolute atomic E-state index is 0.286. The molecule has 1 rings (SSSR count). The summed E-state index contributed by atoms with van der Waals surface area (Å²) in [6.45, 7) is 7.31. The number of hydrogen-bond donors (Lipinski definition) is 1. The van der Waals surface area contributed by atoms with Gasteiger partial charge < -0.3 is 5.32 Å². The van der Waals surface area contributed by atoms with Gasteiger partial charge in [0, 0.05) is 17.6 Å². The lowest BCUT2D eigenvalue weighted by molar-refractivity contribution is 0.450. The third-order valence-electron chi connectivity index (χ3n) is 2.83. The van der Waals surface area contributed by atoms with Crippen LogP contribution in [0.15, 0.2) is 18.2 Å². The second-order valence-electron chi connectivity index (χ2n) is 4.99. The predicted octanol–water partition coefficient (Wildman–Crippen LogP) is 4.39. The highest BCUT2D eigenvalue weighted by atomic mass is 35.5. The van der Waals surface area contributed by atoms with Crippen LogP contribution < -0.4 is 5.32 Å². The van der Waals surface area contributed by atoms with E-state index < -0.39 is 0 Å². The predicted molar refractivity (Wildman–Crippen MR) is 71.8 cm³/mol. The highest BCUT2D eigenvalue weighted by Gasteiger charge is 2.06. The lowest BCUT2D eigenvalue weighted by Gasteiger charge is -2.15. The van der Waals surface area contributed by atoms with Crippen LogP contribution in [0.3, 0.4) is 0 Å². The van der Waals surface area contributed by atoms with Gasteiger partial charge in [0.05, 0.1) is 0 Å². The van der Waals surface area contributed by atoms with Crippen LogP contribution in [0.4, 0.5) is 4.39 Å². The van der Waals surface area contributed by atoms with Crippen molar-refractivity contribution in [1.82, 2.24) is 5.32 Å². The zero-order valence-electron chi connectivity index (χ0n) is 10.8. The number of rotatable bonds is 6. The lowest BCUT2D eigenvalue weighted by Crippen LogP contribution is -2.25. The summed E-state index contributed by atoms with van der Waals surface area (Å²) in [4.78, 5) is 0. The summed E-state index contributed by atoms with van der Waals surface area (Å²) in [7, 11) is 0. The number of benzene rings is 1. The Kier molecular flexibility index (Phi) is 5.93. The van der Waals surface area contributed by atoms with Crippen molar-refractivity contribution in [1.29, 1.82) is 0 Å². The molecule has 0 fully saturated rings. The highest BCUT2D eigenvalue weighted by molar-refractivity contribution is 6.31. The molecule has 0 aliphatic rings. The smallest absolute Gasteiger partial charge is 0.124 e. The van der Waals surface area contributed by atoms with E-state index in [-0.39, 0.29) is 5.82 Å². The van der Waals surface area contributed by atoms with Crippen LogP contribution >= 0.6 is 11.6 Å². The second kappa shape index (κ2) is 6.97. The molecular formula is C14H21ClFN. The molecule has 0 bridgehead atoms. The Morgan fingerprint density at radius 3 is 2.53 bits per heavy atom. The molecule has 0 saturated carbocycles. The Labute approximate surface area is 108 Å². The first-order valence-corrected chi connectivity index (χ1v) is 6.54. The molecule has 3 heteroatoms. The Hall–Kier alpha value is -0.600. The molecule has 0 saturated heterocycles. The maximum absolute atomic E-state index is 12.9. The van der Waals surface area contributed by atoms with Crippen LogP contribution in [0, 0.1) is 11.7 Å². The van der Waals surface area contributed by atoms with E-state index >= 15 is 0 Å². The molecule has 1 aromatic rings. The first-order valence-electron chi connectivity index (χ1n) is 6.16. The minimum Gasteiger partial charge on any atom is -0.310 e. The van der Waals surface area contributed by atoms with Crippen LogP contribution in [0.5, 0.6) is 0 Å². The van der Waals surface area contributed by atoms with Gasteiger partial charge in [0.25, 0.3) is 0 Å². The molecular weight excluding hydrogens is 237 g/mol. The van der Waals surface area contributed by atoms with Crippen LogP contribution in [0.1, 0.15) is 39.2 Å².